The van der Waals surface area contributed by atoms with Crippen LogP contribution >= 0.6 is 0 Å². The zero-order valence-corrected chi connectivity index (χ0v) is 10.1. The van der Waals surface area contributed by atoms with Gasteiger partial charge < -0.3 is 10.4 Å². The van der Waals surface area contributed by atoms with E-state index in [1.54, 1.807) is 5.32 Å². The first-order valence-electron chi connectivity index (χ1n) is 5.07. The summed E-state index contributed by atoms with van der Waals surface area (Å²) in [5, 5.41) is 10.2. The number of aliphatic carboxylic acids is 1. The van der Waals surface area contributed by atoms with Gasteiger partial charge in [0.15, 0.2) is 0 Å². The maximum absolute atomic E-state index is 12.7. The Morgan fingerprint density at radius 1 is 1.22 bits per heavy atom. The molecule has 0 aromatic heterocycles. The van der Waals surface area contributed by atoms with Crippen LogP contribution in [0.5, 0.6) is 0 Å². The average molecular weight is 273 g/mol. The van der Waals surface area contributed by atoms with E-state index in [-0.39, 0.29) is 0 Å². The lowest BCUT2D eigenvalue weighted by atomic mass is 9.84. The first-order chi connectivity index (χ1) is 7.89. The van der Waals surface area contributed by atoms with Crippen molar-refractivity contribution in [2.45, 2.75) is 45.6 Å². The summed E-state index contributed by atoms with van der Waals surface area (Å²) < 4.78 is 49.3. The molecule has 4 nitrogen and oxygen atoms in total. The highest BCUT2D eigenvalue weighted by Crippen LogP contribution is 2.26. The lowest BCUT2D eigenvalue weighted by Crippen LogP contribution is -2.53. The van der Waals surface area contributed by atoms with Gasteiger partial charge in [-0.1, -0.05) is 20.8 Å². The molecule has 0 saturated heterocycles. The molecule has 1 atom stereocenters. The summed E-state index contributed by atoms with van der Waals surface area (Å²) in [6, 6.07) is -1.17. The molecular formula is C10H15F4NO3. The Balaban J connectivity index is 4.90. The minimum atomic E-state index is -4.83. The highest BCUT2D eigenvalue weighted by atomic mass is 19.3. The van der Waals surface area contributed by atoms with E-state index in [0.717, 1.165) is 0 Å². The van der Waals surface area contributed by atoms with Gasteiger partial charge in [0.25, 0.3) is 5.91 Å². The molecule has 0 aliphatic heterocycles. The van der Waals surface area contributed by atoms with Gasteiger partial charge in [-0.3, -0.25) is 9.59 Å². The third kappa shape index (κ3) is 4.50. The standard InChI is InChI=1S/C10H15F4NO3/c1-9(2,3)5(4-6(16)17)15-8(18)10(13,14)7(11)12/h5,7H,4H2,1-3H3,(H,15,18)(H,16,17). The maximum atomic E-state index is 12.7. The zero-order valence-electron chi connectivity index (χ0n) is 10.1. The Bertz CT molecular complexity index is 326. The molecule has 1 unspecified atom stereocenters. The second-order valence-electron chi connectivity index (χ2n) is 4.91. The van der Waals surface area contributed by atoms with Gasteiger partial charge >= 0.3 is 18.3 Å². The highest BCUT2D eigenvalue weighted by molar-refractivity contribution is 5.84. The van der Waals surface area contributed by atoms with Crippen LogP contribution in [0.3, 0.4) is 0 Å². The fourth-order valence-electron chi connectivity index (χ4n) is 1.10. The van der Waals surface area contributed by atoms with E-state index < -0.39 is 42.1 Å². The molecule has 2 N–H and O–H groups in total. The van der Waals surface area contributed by atoms with Crippen molar-refractivity contribution in [3.63, 3.8) is 0 Å². The fourth-order valence-corrected chi connectivity index (χ4v) is 1.10. The highest BCUT2D eigenvalue weighted by Gasteiger charge is 2.50. The number of hydrogen-bond acceptors (Lipinski definition) is 2. The predicted octanol–water partition coefficient (Wildman–Crippen LogP) is 1.89. The number of amides is 1. The van der Waals surface area contributed by atoms with Crippen molar-refractivity contribution >= 4 is 11.9 Å². The van der Waals surface area contributed by atoms with E-state index in [1.807, 2.05) is 0 Å². The van der Waals surface area contributed by atoms with Crippen LogP contribution in [0, 0.1) is 5.41 Å². The summed E-state index contributed by atoms with van der Waals surface area (Å²) in [5.41, 5.74) is -0.855. The van der Waals surface area contributed by atoms with Crippen LogP contribution in [-0.2, 0) is 9.59 Å². The van der Waals surface area contributed by atoms with Crippen LogP contribution in [0.15, 0.2) is 0 Å². The molecule has 18 heavy (non-hydrogen) atoms. The number of hydrogen-bond donors (Lipinski definition) is 2. The van der Waals surface area contributed by atoms with E-state index in [9.17, 15) is 27.2 Å². The summed E-state index contributed by atoms with van der Waals surface area (Å²) in [7, 11) is 0. The molecule has 0 aromatic carbocycles. The summed E-state index contributed by atoms with van der Waals surface area (Å²) in [6.45, 7) is 4.50. The Hall–Kier alpha value is -1.34. The second kappa shape index (κ2) is 5.53. The number of carbonyl (C=O) groups excluding carboxylic acids is 1. The van der Waals surface area contributed by atoms with Crippen LogP contribution in [0.4, 0.5) is 17.6 Å². The van der Waals surface area contributed by atoms with Gasteiger partial charge in [0.05, 0.1) is 6.42 Å². The molecule has 0 spiro atoms. The maximum Gasteiger partial charge on any atom is 0.383 e. The van der Waals surface area contributed by atoms with Gasteiger partial charge in [-0.05, 0) is 5.41 Å². The molecule has 0 rings (SSSR count). The van der Waals surface area contributed by atoms with Crippen molar-refractivity contribution in [1.82, 2.24) is 5.32 Å². The smallest absolute Gasteiger partial charge is 0.383 e. The SMILES string of the molecule is CC(C)(C)C(CC(=O)O)NC(=O)C(F)(F)C(F)F. The molecule has 0 aliphatic carbocycles. The van der Waals surface area contributed by atoms with Crippen LogP contribution in [0.1, 0.15) is 27.2 Å². The van der Waals surface area contributed by atoms with Gasteiger partial charge in [-0.25, -0.2) is 8.78 Å². The number of carboxylic acid groups (broad SMARTS) is 1. The number of nitrogens with one attached hydrogen (secondary N) is 1. The number of carboxylic acids is 1. The normalized spacial score (nSPS) is 14.4. The van der Waals surface area contributed by atoms with Gasteiger partial charge in [-0.2, -0.15) is 8.78 Å². The van der Waals surface area contributed by atoms with Gasteiger partial charge in [0, 0.05) is 6.04 Å². The molecule has 8 heteroatoms. The van der Waals surface area contributed by atoms with Gasteiger partial charge in [0.2, 0.25) is 0 Å². The van der Waals surface area contributed by atoms with E-state index in [2.05, 4.69) is 0 Å². The molecule has 0 fully saturated rings. The van der Waals surface area contributed by atoms with E-state index in [0.29, 0.717) is 0 Å². The third-order valence-electron chi connectivity index (χ3n) is 2.31. The van der Waals surface area contributed by atoms with Crippen molar-refractivity contribution in [3.8, 4) is 0 Å². The lowest BCUT2D eigenvalue weighted by Gasteiger charge is -2.31. The molecule has 0 saturated carbocycles. The summed E-state index contributed by atoms with van der Waals surface area (Å²) in [4.78, 5) is 21.5. The number of carbonyl (C=O) groups is 2. The van der Waals surface area contributed by atoms with Crippen LogP contribution < -0.4 is 5.32 Å². The van der Waals surface area contributed by atoms with Crippen LogP contribution in [0.2, 0.25) is 0 Å². The van der Waals surface area contributed by atoms with Crippen molar-refractivity contribution < 1.29 is 32.3 Å². The number of alkyl halides is 4. The third-order valence-corrected chi connectivity index (χ3v) is 2.31. The first-order valence-corrected chi connectivity index (χ1v) is 5.07. The summed E-state index contributed by atoms with van der Waals surface area (Å²) in [5.74, 6) is -8.32. The Morgan fingerprint density at radius 3 is 1.94 bits per heavy atom. The molecule has 0 aliphatic rings. The number of rotatable bonds is 5. The molecule has 1 amide bonds. The molecule has 0 radical (unpaired) electrons. The number of halogens is 4. The summed E-state index contributed by atoms with van der Waals surface area (Å²) >= 11 is 0. The molecule has 0 heterocycles. The van der Waals surface area contributed by atoms with Crippen LogP contribution in [0.25, 0.3) is 0 Å². The van der Waals surface area contributed by atoms with Crippen molar-refractivity contribution in [3.05, 3.63) is 0 Å². The van der Waals surface area contributed by atoms with Crippen LogP contribution in [-0.4, -0.2) is 35.4 Å². The summed E-state index contributed by atoms with van der Waals surface area (Å²) in [6.07, 6.45) is -4.77. The largest absolute Gasteiger partial charge is 0.481 e. The van der Waals surface area contributed by atoms with E-state index in [1.165, 1.54) is 20.8 Å². The fraction of sp³-hybridized carbons (Fsp3) is 0.800. The van der Waals surface area contributed by atoms with E-state index in [4.69, 9.17) is 5.11 Å². The molecule has 106 valence electrons. The first kappa shape index (κ1) is 16.7. The Kier molecular flexibility index (Phi) is 5.12. The quantitative estimate of drug-likeness (QED) is 0.752. The minimum Gasteiger partial charge on any atom is -0.481 e. The average Bonchev–Trinajstić information content (AvgIpc) is 2.13. The molecule has 0 aromatic rings. The van der Waals surface area contributed by atoms with Gasteiger partial charge in [-0.15, -0.1) is 0 Å². The zero-order chi connectivity index (χ0) is 14.7. The van der Waals surface area contributed by atoms with Crippen molar-refractivity contribution in [1.29, 1.82) is 0 Å². The van der Waals surface area contributed by atoms with Crippen molar-refractivity contribution in [2.75, 3.05) is 0 Å². The van der Waals surface area contributed by atoms with Gasteiger partial charge in [0.1, 0.15) is 0 Å². The Labute approximate surface area is 101 Å². The van der Waals surface area contributed by atoms with E-state index >= 15 is 0 Å². The monoisotopic (exact) mass is 273 g/mol. The minimum absolute atomic E-state index is 0.630. The van der Waals surface area contributed by atoms with Crippen molar-refractivity contribution in [2.24, 2.45) is 5.41 Å². The molecular weight excluding hydrogens is 258 g/mol. The Morgan fingerprint density at radius 2 is 1.67 bits per heavy atom. The lowest BCUT2D eigenvalue weighted by molar-refractivity contribution is -0.171. The topological polar surface area (TPSA) is 66.4 Å². The second-order valence-corrected chi connectivity index (χ2v) is 4.91. The predicted molar refractivity (Wildman–Crippen MR) is 54.6 cm³/mol. The molecule has 0 bridgehead atoms.